The van der Waals surface area contributed by atoms with Crippen molar-refractivity contribution in [1.29, 1.82) is 0 Å². The van der Waals surface area contributed by atoms with E-state index in [0.29, 0.717) is 6.42 Å². The van der Waals surface area contributed by atoms with Gasteiger partial charge in [-0.3, -0.25) is 4.79 Å². The minimum Gasteiger partial charge on any atom is -0.372 e. The molecule has 0 radical (unpaired) electrons. The number of Topliss-reactive ketones (excluding diaryl/α,β-unsaturated/α-hetero) is 1. The third kappa shape index (κ3) is 5.03. The standard InChI is InChI=1S/C20H25NO/c1-20(2,3)15-14-18(22)19(16-10-6-4-7-11-16)21-17-12-8-5-9-13-17/h4-13,19,21H,14-15H2,1-3H3. The van der Waals surface area contributed by atoms with Crippen LogP contribution in [0.5, 0.6) is 0 Å². The highest BCUT2D eigenvalue weighted by atomic mass is 16.1. The molecule has 1 N–H and O–H groups in total. The number of anilines is 1. The van der Waals surface area contributed by atoms with E-state index in [2.05, 4.69) is 26.1 Å². The van der Waals surface area contributed by atoms with E-state index in [1.165, 1.54) is 0 Å². The van der Waals surface area contributed by atoms with Crippen molar-refractivity contribution in [2.24, 2.45) is 5.41 Å². The van der Waals surface area contributed by atoms with Crippen LogP contribution < -0.4 is 5.32 Å². The average Bonchev–Trinajstić information content (AvgIpc) is 2.51. The molecule has 0 amide bonds. The van der Waals surface area contributed by atoms with E-state index in [9.17, 15) is 4.79 Å². The second kappa shape index (κ2) is 7.26. The zero-order valence-electron chi connectivity index (χ0n) is 13.7. The van der Waals surface area contributed by atoms with Gasteiger partial charge in [0.25, 0.3) is 0 Å². The van der Waals surface area contributed by atoms with Gasteiger partial charge in [0.15, 0.2) is 5.78 Å². The second-order valence-corrected chi connectivity index (χ2v) is 6.88. The molecule has 0 spiro atoms. The fourth-order valence-corrected chi connectivity index (χ4v) is 2.34. The number of carbonyl (C=O) groups is 1. The van der Waals surface area contributed by atoms with E-state index in [-0.39, 0.29) is 17.2 Å². The summed E-state index contributed by atoms with van der Waals surface area (Å²) in [5.41, 5.74) is 2.16. The van der Waals surface area contributed by atoms with Crippen LogP contribution in [-0.2, 0) is 4.79 Å². The normalized spacial score (nSPS) is 12.7. The lowest BCUT2D eigenvalue weighted by Gasteiger charge is -2.22. The quantitative estimate of drug-likeness (QED) is 0.790. The number of carbonyl (C=O) groups excluding carboxylic acids is 1. The van der Waals surface area contributed by atoms with Gasteiger partial charge in [-0.2, -0.15) is 0 Å². The fraction of sp³-hybridized carbons (Fsp3) is 0.350. The number of ketones is 1. The summed E-state index contributed by atoms with van der Waals surface area (Å²) in [4.78, 5) is 12.7. The molecule has 0 bridgehead atoms. The Hall–Kier alpha value is -2.09. The van der Waals surface area contributed by atoms with E-state index in [1.807, 2.05) is 60.7 Å². The minimum atomic E-state index is -0.286. The number of para-hydroxylation sites is 1. The molecule has 22 heavy (non-hydrogen) atoms. The van der Waals surface area contributed by atoms with Gasteiger partial charge in [0.05, 0.1) is 0 Å². The molecule has 0 fully saturated rings. The topological polar surface area (TPSA) is 29.1 Å². The smallest absolute Gasteiger partial charge is 0.159 e. The highest BCUT2D eigenvalue weighted by Crippen LogP contribution is 2.26. The fourth-order valence-electron chi connectivity index (χ4n) is 2.34. The molecular weight excluding hydrogens is 270 g/mol. The molecule has 0 aliphatic heterocycles. The Balaban J connectivity index is 2.17. The van der Waals surface area contributed by atoms with Gasteiger partial charge in [-0.1, -0.05) is 69.3 Å². The molecule has 0 aliphatic rings. The van der Waals surface area contributed by atoms with Crippen LogP contribution in [0.2, 0.25) is 0 Å². The molecule has 0 saturated carbocycles. The Bertz CT molecular complexity index is 584. The SMILES string of the molecule is CC(C)(C)CCC(=O)C(Nc1ccccc1)c1ccccc1. The van der Waals surface area contributed by atoms with Gasteiger partial charge in [-0.25, -0.2) is 0 Å². The lowest BCUT2D eigenvalue weighted by atomic mass is 9.87. The molecule has 2 heteroatoms. The van der Waals surface area contributed by atoms with Crippen molar-refractivity contribution in [2.45, 2.75) is 39.7 Å². The van der Waals surface area contributed by atoms with E-state index < -0.39 is 0 Å². The maximum absolute atomic E-state index is 12.7. The molecule has 2 rings (SSSR count). The van der Waals surface area contributed by atoms with Crippen molar-refractivity contribution in [3.05, 3.63) is 66.2 Å². The van der Waals surface area contributed by atoms with Crippen LogP contribution in [-0.4, -0.2) is 5.78 Å². The summed E-state index contributed by atoms with van der Waals surface area (Å²) in [5.74, 6) is 0.241. The molecule has 2 aromatic rings. The third-order valence-corrected chi connectivity index (χ3v) is 3.66. The maximum Gasteiger partial charge on any atom is 0.159 e. The van der Waals surface area contributed by atoms with Gasteiger partial charge in [0.2, 0.25) is 0 Å². The summed E-state index contributed by atoms with van der Waals surface area (Å²) in [6, 6.07) is 19.6. The van der Waals surface area contributed by atoms with Crippen LogP contribution in [0.1, 0.15) is 45.2 Å². The highest BCUT2D eigenvalue weighted by Gasteiger charge is 2.22. The second-order valence-electron chi connectivity index (χ2n) is 6.88. The van der Waals surface area contributed by atoms with Gasteiger partial charge >= 0.3 is 0 Å². The molecule has 0 heterocycles. The lowest BCUT2D eigenvalue weighted by Crippen LogP contribution is -2.22. The summed E-state index contributed by atoms with van der Waals surface area (Å²) in [5, 5.41) is 3.38. The average molecular weight is 295 g/mol. The van der Waals surface area contributed by atoms with Crippen LogP contribution in [0, 0.1) is 5.41 Å². The van der Waals surface area contributed by atoms with Crippen LogP contribution in [0.15, 0.2) is 60.7 Å². The molecule has 0 saturated heterocycles. The van der Waals surface area contributed by atoms with E-state index >= 15 is 0 Å². The first-order chi connectivity index (χ1) is 10.5. The maximum atomic E-state index is 12.7. The summed E-state index contributed by atoms with van der Waals surface area (Å²) >= 11 is 0. The van der Waals surface area contributed by atoms with Crippen LogP contribution in [0.3, 0.4) is 0 Å². The Labute approximate surface area is 133 Å². The zero-order chi connectivity index (χ0) is 16.0. The van der Waals surface area contributed by atoms with Crippen LogP contribution in [0.4, 0.5) is 5.69 Å². The highest BCUT2D eigenvalue weighted by molar-refractivity contribution is 5.88. The summed E-state index contributed by atoms with van der Waals surface area (Å²) in [7, 11) is 0. The molecule has 1 unspecified atom stereocenters. The Kier molecular flexibility index (Phi) is 5.37. The Morgan fingerprint density at radius 1 is 0.955 bits per heavy atom. The summed E-state index contributed by atoms with van der Waals surface area (Å²) < 4.78 is 0. The number of hydrogen-bond donors (Lipinski definition) is 1. The minimum absolute atomic E-state index is 0.170. The predicted octanol–water partition coefficient (Wildman–Crippen LogP) is 5.24. The first kappa shape index (κ1) is 16.3. The van der Waals surface area contributed by atoms with E-state index in [0.717, 1.165) is 17.7 Å². The zero-order valence-corrected chi connectivity index (χ0v) is 13.7. The van der Waals surface area contributed by atoms with E-state index in [4.69, 9.17) is 0 Å². The number of nitrogens with one attached hydrogen (secondary N) is 1. The van der Waals surface area contributed by atoms with Gasteiger partial charge in [0.1, 0.15) is 6.04 Å². The number of benzene rings is 2. The molecule has 2 aromatic carbocycles. The number of rotatable bonds is 6. The van der Waals surface area contributed by atoms with Crippen molar-refractivity contribution < 1.29 is 4.79 Å². The number of hydrogen-bond acceptors (Lipinski definition) is 2. The van der Waals surface area contributed by atoms with Gasteiger partial charge in [-0.05, 0) is 29.5 Å². The van der Waals surface area contributed by atoms with Crippen molar-refractivity contribution in [1.82, 2.24) is 0 Å². The lowest BCUT2D eigenvalue weighted by molar-refractivity contribution is -0.120. The Morgan fingerprint density at radius 2 is 1.50 bits per heavy atom. The molecule has 2 nitrogen and oxygen atoms in total. The van der Waals surface area contributed by atoms with Crippen LogP contribution >= 0.6 is 0 Å². The van der Waals surface area contributed by atoms with Crippen molar-refractivity contribution in [3.8, 4) is 0 Å². The largest absolute Gasteiger partial charge is 0.372 e. The first-order valence-corrected chi connectivity index (χ1v) is 7.85. The van der Waals surface area contributed by atoms with Crippen molar-refractivity contribution in [3.63, 3.8) is 0 Å². The molecule has 1 atom stereocenters. The van der Waals surface area contributed by atoms with Gasteiger partial charge in [-0.15, -0.1) is 0 Å². The molecule has 0 aromatic heterocycles. The Morgan fingerprint density at radius 3 is 2.05 bits per heavy atom. The summed E-state index contributed by atoms with van der Waals surface area (Å²) in [6.45, 7) is 6.51. The van der Waals surface area contributed by atoms with Gasteiger partial charge < -0.3 is 5.32 Å². The molecule has 0 aliphatic carbocycles. The van der Waals surface area contributed by atoms with Crippen LogP contribution in [0.25, 0.3) is 0 Å². The third-order valence-electron chi connectivity index (χ3n) is 3.66. The molecular formula is C20H25NO. The van der Waals surface area contributed by atoms with Gasteiger partial charge in [0, 0.05) is 12.1 Å². The van der Waals surface area contributed by atoms with E-state index in [1.54, 1.807) is 0 Å². The summed E-state index contributed by atoms with van der Waals surface area (Å²) in [6.07, 6.45) is 1.48. The first-order valence-electron chi connectivity index (χ1n) is 7.85. The predicted molar refractivity (Wildman–Crippen MR) is 92.9 cm³/mol. The monoisotopic (exact) mass is 295 g/mol. The van der Waals surface area contributed by atoms with Crippen molar-refractivity contribution >= 4 is 11.5 Å². The van der Waals surface area contributed by atoms with Crippen molar-refractivity contribution in [2.75, 3.05) is 5.32 Å². The molecule has 116 valence electrons.